The predicted molar refractivity (Wildman–Crippen MR) is 150 cm³/mol. The molecule has 0 saturated carbocycles. The molecule has 6 nitrogen and oxygen atoms in total. The molecule has 1 aromatic heterocycles. The summed E-state index contributed by atoms with van der Waals surface area (Å²) in [5, 5.41) is 27.6. The number of allylic oxidation sites excluding steroid dienone is 1. The van der Waals surface area contributed by atoms with E-state index in [0.717, 1.165) is 11.3 Å². The molecule has 1 amide bonds. The maximum Gasteiger partial charge on any atom is 0.437 e. The molecule has 1 aliphatic rings. The summed E-state index contributed by atoms with van der Waals surface area (Å²) in [6.07, 6.45) is -5.36. The summed E-state index contributed by atoms with van der Waals surface area (Å²) in [6.45, 7) is 1.69. The van der Waals surface area contributed by atoms with Crippen molar-refractivity contribution in [1.29, 1.82) is 5.26 Å². The van der Waals surface area contributed by atoms with Crippen LogP contribution in [-0.2, 0) is 4.79 Å². The average molecular weight is 627 g/mol. The van der Waals surface area contributed by atoms with Gasteiger partial charge in [-0.2, -0.15) is 18.4 Å². The van der Waals surface area contributed by atoms with Gasteiger partial charge < -0.3 is 15.7 Å². The molecule has 0 saturated heterocycles. The van der Waals surface area contributed by atoms with E-state index in [4.69, 9.17) is 23.2 Å². The Morgan fingerprint density at radius 2 is 1.85 bits per heavy atom. The number of benzene rings is 2. The van der Waals surface area contributed by atoms with E-state index >= 15 is 0 Å². The van der Waals surface area contributed by atoms with E-state index in [0.29, 0.717) is 28.0 Å². The number of nitriles is 1. The standard InChI is InChI=1S/C27H20Cl2F3N3O3S2/c1-14-17(28)8-4-9-19(14)34-21(36)13-40-25-16(12-33)22(15-6-2-3-7-18(15)29)23(24(37)20-10-5-11-39-20)26(38,35-25)27(30,31)32/h2-11,22-23,35,38H,13H2,1H3,(H,34,36)/t22-,23-,26+/m1/s1. The van der Waals surface area contributed by atoms with Gasteiger partial charge in [-0.25, -0.2) is 0 Å². The van der Waals surface area contributed by atoms with Crippen LogP contribution in [0.25, 0.3) is 0 Å². The van der Waals surface area contributed by atoms with E-state index < -0.39 is 46.2 Å². The number of rotatable bonds is 7. The van der Waals surface area contributed by atoms with Gasteiger partial charge in [-0.1, -0.05) is 65.3 Å². The Balaban J connectivity index is 1.80. The van der Waals surface area contributed by atoms with Crippen molar-refractivity contribution in [3.63, 3.8) is 0 Å². The largest absolute Gasteiger partial charge is 0.437 e. The van der Waals surface area contributed by atoms with E-state index in [-0.39, 0.29) is 21.0 Å². The molecule has 3 N–H and O–H groups in total. The Kier molecular flexibility index (Phi) is 8.87. The summed E-state index contributed by atoms with van der Waals surface area (Å²) in [4.78, 5) is 26.3. The van der Waals surface area contributed by atoms with Crippen LogP contribution in [-0.4, -0.2) is 34.5 Å². The smallest absolute Gasteiger partial charge is 0.363 e. The third-order valence-electron chi connectivity index (χ3n) is 6.37. The number of halogens is 5. The summed E-state index contributed by atoms with van der Waals surface area (Å²) in [5.74, 6) is -5.82. The molecule has 0 radical (unpaired) electrons. The number of Topliss-reactive ketones (excluding diaryl/α,β-unsaturated/α-hetero) is 1. The Labute approximate surface area is 245 Å². The average Bonchev–Trinajstić information content (AvgIpc) is 3.44. The zero-order valence-corrected chi connectivity index (χ0v) is 23.7. The van der Waals surface area contributed by atoms with Gasteiger partial charge in [0.2, 0.25) is 11.6 Å². The van der Waals surface area contributed by atoms with Gasteiger partial charge in [-0.15, -0.1) is 11.3 Å². The minimum atomic E-state index is -5.36. The summed E-state index contributed by atoms with van der Waals surface area (Å²) in [6, 6.07) is 15.5. The van der Waals surface area contributed by atoms with Crippen LogP contribution in [0.3, 0.4) is 0 Å². The van der Waals surface area contributed by atoms with Crippen molar-refractivity contribution in [3.8, 4) is 6.07 Å². The quantitative estimate of drug-likeness (QED) is 0.247. The molecule has 0 bridgehead atoms. The monoisotopic (exact) mass is 625 g/mol. The van der Waals surface area contributed by atoms with E-state index in [1.54, 1.807) is 31.2 Å². The molecular weight excluding hydrogens is 606 g/mol. The SMILES string of the molecule is Cc1c(Cl)cccc1NC(=O)CSC1=C(C#N)[C@@H](c2ccccc2Cl)[C@H](C(=O)c2cccs2)[C@](O)(C(F)(F)F)N1. The van der Waals surface area contributed by atoms with Crippen LogP contribution in [0.5, 0.6) is 0 Å². The fourth-order valence-corrected chi connectivity index (χ4v) is 6.43. The highest BCUT2D eigenvalue weighted by molar-refractivity contribution is 8.03. The summed E-state index contributed by atoms with van der Waals surface area (Å²) in [7, 11) is 0. The normalized spacial score (nSPS) is 20.9. The number of thiophene rings is 1. The Hall–Kier alpha value is -3.01. The number of nitrogens with one attached hydrogen (secondary N) is 2. The number of anilines is 1. The lowest BCUT2D eigenvalue weighted by atomic mass is 9.70. The summed E-state index contributed by atoms with van der Waals surface area (Å²) >= 11 is 14.0. The highest BCUT2D eigenvalue weighted by Crippen LogP contribution is 2.52. The van der Waals surface area contributed by atoms with Gasteiger partial charge >= 0.3 is 6.18 Å². The Morgan fingerprint density at radius 1 is 1.15 bits per heavy atom. The number of aliphatic hydroxyl groups is 1. The molecule has 3 atom stereocenters. The van der Waals surface area contributed by atoms with Gasteiger partial charge in [0.1, 0.15) is 0 Å². The second-order valence-corrected chi connectivity index (χ2v) is 11.6. The van der Waals surface area contributed by atoms with Gasteiger partial charge in [0.25, 0.3) is 0 Å². The second-order valence-electron chi connectivity index (χ2n) is 8.81. The van der Waals surface area contributed by atoms with Crippen molar-refractivity contribution in [3.05, 3.63) is 96.6 Å². The molecule has 40 heavy (non-hydrogen) atoms. The van der Waals surface area contributed by atoms with Gasteiger partial charge in [-0.05, 0) is 47.7 Å². The highest BCUT2D eigenvalue weighted by Gasteiger charge is 2.66. The molecule has 2 heterocycles. The van der Waals surface area contributed by atoms with Crippen molar-refractivity contribution >= 4 is 63.7 Å². The zero-order chi connectivity index (χ0) is 29.2. The number of amides is 1. The van der Waals surface area contributed by atoms with Gasteiger partial charge in [-0.3, -0.25) is 9.59 Å². The van der Waals surface area contributed by atoms with Gasteiger partial charge in [0.05, 0.1) is 33.2 Å². The number of carbonyl (C=O) groups is 2. The number of alkyl halides is 3. The van der Waals surface area contributed by atoms with Crippen LogP contribution >= 0.6 is 46.3 Å². The van der Waals surface area contributed by atoms with Gasteiger partial charge in [0, 0.05) is 21.7 Å². The molecule has 2 aromatic carbocycles. The molecule has 1 aliphatic heterocycles. The van der Waals surface area contributed by atoms with Crippen molar-refractivity contribution in [2.24, 2.45) is 5.92 Å². The molecule has 0 fully saturated rings. The van der Waals surface area contributed by atoms with Crippen molar-refractivity contribution in [2.45, 2.75) is 24.7 Å². The maximum absolute atomic E-state index is 14.6. The number of hydrogen-bond donors (Lipinski definition) is 3. The van der Waals surface area contributed by atoms with Crippen LogP contribution in [0.15, 0.2) is 70.6 Å². The molecule has 0 spiro atoms. The first-order chi connectivity index (χ1) is 18.9. The third kappa shape index (κ3) is 5.73. The zero-order valence-electron chi connectivity index (χ0n) is 20.6. The topological polar surface area (TPSA) is 102 Å². The number of ketones is 1. The summed E-state index contributed by atoms with van der Waals surface area (Å²) in [5.41, 5.74) is -3.01. The molecular formula is C27H20Cl2F3N3O3S2. The molecule has 4 rings (SSSR count). The van der Waals surface area contributed by atoms with E-state index in [1.807, 2.05) is 11.4 Å². The fourth-order valence-electron chi connectivity index (χ4n) is 4.39. The Morgan fingerprint density at radius 3 is 2.48 bits per heavy atom. The number of nitrogens with zero attached hydrogens (tertiary/aromatic N) is 1. The maximum atomic E-state index is 14.6. The lowest BCUT2D eigenvalue weighted by Gasteiger charge is -2.45. The van der Waals surface area contributed by atoms with Crippen LogP contribution in [0.1, 0.15) is 26.7 Å². The van der Waals surface area contributed by atoms with Crippen LogP contribution in [0.2, 0.25) is 10.0 Å². The number of carbonyl (C=O) groups excluding carboxylic acids is 2. The van der Waals surface area contributed by atoms with E-state index in [2.05, 4.69) is 5.32 Å². The first kappa shape index (κ1) is 30.0. The van der Waals surface area contributed by atoms with Crippen molar-refractivity contribution in [1.82, 2.24) is 5.32 Å². The molecule has 0 unspecified atom stereocenters. The Bertz CT molecular complexity index is 1520. The number of thioether (sulfide) groups is 1. The first-order valence-corrected chi connectivity index (χ1v) is 14.2. The molecule has 13 heteroatoms. The highest BCUT2D eigenvalue weighted by atomic mass is 35.5. The van der Waals surface area contributed by atoms with Crippen molar-refractivity contribution in [2.75, 3.05) is 11.1 Å². The minimum Gasteiger partial charge on any atom is -0.363 e. The van der Waals surface area contributed by atoms with Gasteiger partial charge in [0.15, 0.2) is 5.78 Å². The molecule has 208 valence electrons. The van der Waals surface area contributed by atoms with E-state index in [9.17, 15) is 33.1 Å². The van der Waals surface area contributed by atoms with Crippen LogP contribution < -0.4 is 10.6 Å². The second kappa shape index (κ2) is 11.8. The predicted octanol–water partition coefficient (Wildman–Crippen LogP) is 6.91. The first-order valence-electron chi connectivity index (χ1n) is 11.6. The number of hydrogen-bond acceptors (Lipinski definition) is 7. The molecule has 3 aromatic rings. The lowest BCUT2D eigenvalue weighted by molar-refractivity contribution is -0.285. The third-order valence-corrected chi connectivity index (χ3v) is 9.03. The lowest BCUT2D eigenvalue weighted by Crippen LogP contribution is -2.66. The molecule has 0 aliphatic carbocycles. The van der Waals surface area contributed by atoms with Crippen molar-refractivity contribution < 1.29 is 27.9 Å². The van der Waals surface area contributed by atoms with E-state index in [1.165, 1.54) is 35.7 Å². The van der Waals surface area contributed by atoms with Crippen LogP contribution in [0, 0.1) is 24.2 Å². The summed E-state index contributed by atoms with van der Waals surface area (Å²) < 4.78 is 43.9. The van der Waals surface area contributed by atoms with Crippen LogP contribution in [0.4, 0.5) is 18.9 Å². The minimum absolute atomic E-state index is 0.00850. The fraction of sp³-hybridized carbons (Fsp3) is 0.222.